The van der Waals surface area contributed by atoms with Gasteiger partial charge in [0.2, 0.25) is 15.9 Å². The quantitative estimate of drug-likeness (QED) is 0.370. The highest BCUT2D eigenvalue weighted by Crippen LogP contribution is 2.34. The largest absolute Gasteiger partial charge is 0.417 e. The zero-order chi connectivity index (χ0) is 26.3. The van der Waals surface area contributed by atoms with Crippen molar-refractivity contribution in [2.24, 2.45) is 5.92 Å². The van der Waals surface area contributed by atoms with Gasteiger partial charge in [0.25, 0.3) is 0 Å². The summed E-state index contributed by atoms with van der Waals surface area (Å²) in [5.41, 5.74) is -1.85. The van der Waals surface area contributed by atoms with Gasteiger partial charge in [0.05, 0.1) is 28.1 Å². The van der Waals surface area contributed by atoms with Gasteiger partial charge in [0.15, 0.2) is 5.13 Å². The van der Waals surface area contributed by atoms with E-state index < -0.39 is 38.9 Å². The Bertz CT molecular complexity index is 1400. The van der Waals surface area contributed by atoms with Crippen LogP contribution in [0.5, 0.6) is 0 Å². The number of aromatic nitrogens is 2. The van der Waals surface area contributed by atoms with Gasteiger partial charge in [-0.25, -0.2) is 17.8 Å². The summed E-state index contributed by atoms with van der Waals surface area (Å²) < 4.78 is 80.5. The Balaban J connectivity index is 1.47. The summed E-state index contributed by atoms with van der Waals surface area (Å²) in [6.07, 6.45) is -0.965. The molecule has 4 rings (SSSR count). The number of rotatable bonds is 8. The number of halogens is 4. The molecule has 0 unspecified atom stereocenters. The first-order valence-corrected chi connectivity index (χ1v) is 13.4. The third-order valence-electron chi connectivity index (χ3n) is 5.72. The fourth-order valence-corrected chi connectivity index (χ4v) is 5.96. The molecule has 0 saturated heterocycles. The molecular formula is C23H22F4N4O3S2. The number of thiazole rings is 1. The zero-order valence-electron chi connectivity index (χ0n) is 19.2. The number of hydrogen-bond donors (Lipinski definition) is 2. The van der Waals surface area contributed by atoms with Gasteiger partial charge in [0.1, 0.15) is 5.82 Å². The van der Waals surface area contributed by atoms with Gasteiger partial charge < -0.3 is 5.32 Å². The molecule has 3 aromatic rings. The Morgan fingerprint density at radius 3 is 2.50 bits per heavy atom. The van der Waals surface area contributed by atoms with E-state index in [0.29, 0.717) is 11.9 Å². The SMILES string of the molecule is CC(C)(C(=O)Nc1ccc(-c2cncc(C(F)(F)F)c2)cc1F)c1csc(NS(=O)(=O)CC2CC2)n1. The molecule has 0 bridgehead atoms. The fourth-order valence-electron chi connectivity index (χ4n) is 3.32. The molecule has 2 aromatic heterocycles. The van der Waals surface area contributed by atoms with Gasteiger partial charge in [0, 0.05) is 23.3 Å². The lowest BCUT2D eigenvalue weighted by atomic mass is 9.89. The maximum atomic E-state index is 14.8. The number of anilines is 2. The van der Waals surface area contributed by atoms with E-state index in [1.54, 1.807) is 19.2 Å². The second-order valence-electron chi connectivity index (χ2n) is 9.10. The molecule has 0 spiro atoms. The molecule has 1 saturated carbocycles. The van der Waals surface area contributed by atoms with Crippen LogP contribution < -0.4 is 10.0 Å². The minimum Gasteiger partial charge on any atom is -0.323 e. The number of alkyl halides is 3. The van der Waals surface area contributed by atoms with E-state index >= 15 is 0 Å². The number of pyridine rings is 1. The topological polar surface area (TPSA) is 101 Å². The predicted octanol–water partition coefficient (Wildman–Crippen LogP) is 5.43. The Hall–Kier alpha value is -3.06. The van der Waals surface area contributed by atoms with Crippen LogP contribution in [0.4, 0.5) is 28.4 Å². The van der Waals surface area contributed by atoms with E-state index in [1.807, 2.05) is 0 Å². The first kappa shape index (κ1) is 26.0. The molecule has 0 atom stereocenters. The van der Waals surface area contributed by atoms with Gasteiger partial charge in [-0.2, -0.15) is 13.2 Å². The van der Waals surface area contributed by atoms with Crippen LogP contribution in [0.1, 0.15) is 37.9 Å². The highest BCUT2D eigenvalue weighted by atomic mass is 32.2. The number of carbonyl (C=O) groups is 1. The molecule has 2 heterocycles. The Kier molecular flexibility index (Phi) is 6.82. The van der Waals surface area contributed by atoms with Crippen molar-refractivity contribution in [2.75, 3.05) is 15.8 Å². The molecule has 1 aromatic carbocycles. The van der Waals surface area contributed by atoms with Gasteiger partial charge in [-0.1, -0.05) is 6.07 Å². The van der Waals surface area contributed by atoms with Crippen LogP contribution in [0, 0.1) is 11.7 Å². The van der Waals surface area contributed by atoms with Crippen LogP contribution in [0.25, 0.3) is 11.1 Å². The highest BCUT2D eigenvalue weighted by molar-refractivity contribution is 7.92. The molecule has 0 radical (unpaired) electrons. The predicted molar refractivity (Wildman–Crippen MR) is 129 cm³/mol. The molecule has 36 heavy (non-hydrogen) atoms. The summed E-state index contributed by atoms with van der Waals surface area (Å²) in [5.74, 6) is -1.26. The Morgan fingerprint density at radius 2 is 1.86 bits per heavy atom. The van der Waals surface area contributed by atoms with E-state index in [0.717, 1.165) is 36.3 Å². The standard InChI is InChI=1S/C23H22F4N4O3S2/c1-22(2,19-11-35-21(30-19)31-36(33,34)12-13-3-4-13)20(32)29-18-6-5-14(8-17(18)24)15-7-16(10-28-9-15)23(25,26)27/h5-11,13H,3-4,12H2,1-2H3,(H,29,32)(H,30,31). The van der Waals surface area contributed by atoms with Crippen molar-refractivity contribution in [3.8, 4) is 11.1 Å². The number of nitrogens with zero attached hydrogens (tertiary/aromatic N) is 2. The number of amides is 1. The Morgan fingerprint density at radius 1 is 1.14 bits per heavy atom. The number of carbonyl (C=O) groups excluding carboxylic acids is 1. The molecule has 2 N–H and O–H groups in total. The first-order valence-electron chi connectivity index (χ1n) is 10.8. The van der Waals surface area contributed by atoms with Gasteiger partial charge in [-0.3, -0.25) is 14.5 Å². The van der Waals surface area contributed by atoms with Crippen molar-refractivity contribution in [2.45, 2.75) is 38.3 Å². The van der Waals surface area contributed by atoms with Crippen LogP contribution in [0.15, 0.2) is 42.0 Å². The number of benzene rings is 1. The normalized spacial score (nSPS) is 14.5. The second-order valence-corrected chi connectivity index (χ2v) is 11.7. The lowest BCUT2D eigenvalue weighted by Crippen LogP contribution is -2.35. The highest BCUT2D eigenvalue weighted by Gasteiger charge is 2.34. The average molecular weight is 543 g/mol. The maximum absolute atomic E-state index is 14.8. The zero-order valence-corrected chi connectivity index (χ0v) is 20.8. The van der Waals surface area contributed by atoms with Crippen molar-refractivity contribution in [3.63, 3.8) is 0 Å². The molecule has 1 amide bonds. The Labute approximate surface area is 209 Å². The van der Waals surface area contributed by atoms with Crippen LogP contribution >= 0.6 is 11.3 Å². The molecule has 1 aliphatic carbocycles. The van der Waals surface area contributed by atoms with Crippen molar-refractivity contribution in [1.29, 1.82) is 0 Å². The summed E-state index contributed by atoms with van der Waals surface area (Å²) in [5, 5.41) is 4.16. The second kappa shape index (κ2) is 9.43. The lowest BCUT2D eigenvalue weighted by molar-refractivity contribution is -0.137. The molecule has 192 valence electrons. The molecule has 13 heteroatoms. The van der Waals surface area contributed by atoms with Crippen molar-refractivity contribution in [3.05, 3.63) is 59.1 Å². The summed E-state index contributed by atoms with van der Waals surface area (Å²) in [7, 11) is -3.54. The van der Waals surface area contributed by atoms with E-state index in [4.69, 9.17) is 0 Å². The van der Waals surface area contributed by atoms with Crippen molar-refractivity contribution in [1.82, 2.24) is 9.97 Å². The monoisotopic (exact) mass is 542 g/mol. The van der Waals surface area contributed by atoms with Gasteiger partial charge in [-0.05, 0) is 56.4 Å². The van der Waals surface area contributed by atoms with Gasteiger partial charge in [-0.15, -0.1) is 11.3 Å². The van der Waals surface area contributed by atoms with Crippen LogP contribution in [-0.2, 0) is 26.4 Å². The van der Waals surface area contributed by atoms with Crippen LogP contribution in [-0.4, -0.2) is 30.0 Å². The van der Waals surface area contributed by atoms with Crippen molar-refractivity contribution >= 4 is 38.1 Å². The van der Waals surface area contributed by atoms with Crippen molar-refractivity contribution < 1.29 is 30.8 Å². The third kappa shape index (κ3) is 6.01. The molecule has 0 aliphatic heterocycles. The molecule has 1 aliphatic rings. The number of hydrogen-bond acceptors (Lipinski definition) is 6. The average Bonchev–Trinajstić information content (AvgIpc) is 3.46. The van der Waals surface area contributed by atoms with E-state index in [2.05, 4.69) is 20.0 Å². The fraction of sp³-hybridized carbons (Fsp3) is 0.348. The minimum absolute atomic E-state index is 0.0254. The number of sulfonamides is 1. The summed E-state index contributed by atoms with van der Waals surface area (Å²) in [6, 6.07) is 4.49. The molecule has 1 fully saturated rings. The molecule has 7 nitrogen and oxygen atoms in total. The summed E-state index contributed by atoms with van der Waals surface area (Å²) in [6.45, 7) is 3.11. The third-order valence-corrected chi connectivity index (χ3v) is 8.02. The van der Waals surface area contributed by atoms with E-state index in [-0.39, 0.29) is 33.6 Å². The first-order chi connectivity index (χ1) is 16.7. The smallest absolute Gasteiger partial charge is 0.323 e. The number of nitrogens with one attached hydrogen (secondary N) is 2. The minimum atomic E-state index is -4.59. The van der Waals surface area contributed by atoms with E-state index in [1.165, 1.54) is 18.3 Å². The summed E-state index contributed by atoms with van der Waals surface area (Å²) >= 11 is 1.04. The van der Waals surface area contributed by atoms with E-state index in [9.17, 15) is 30.8 Å². The maximum Gasteiger partial charge on any atom is 0.417 e. The van der Waals surface area contributed by atoms with Crippen LogP contribution in [0.3, 0.4) is 0 Å². The van der Waals surface area contributed by atoms with Crippen LogP contribution in [0.2, 0.25) is 0 Å². The van der Waals surface area contributed by atoms with Gasteiger partial charge >= 0.3 is 6.18 Å². The summed E-state index contributed by atoms with van der Waals surface area (Å²) in [4.78, 5) is 20.8. The molecular weight excluding hydrogens is 520 g/mol. The lowest BCUT2D eigenvalue weighted by Gasteiger charge is -2.22.